The zero-order valence-electron chi connectivity index (χ0n) is 18.9. The van der Waals surface area contributed by atoms with Crippen molar-refractivity contribution in [3.8, 4) is 31.0 Å². The molecule has 0 aromatic carbocycles. The Morgan fingerprint density at radius 3 is 1.49 bits per heavy atom. The molecule has 0 fully saturated rings. The largest absolute Gasteiger partial charge is 0.485 e. The topological polar surface area (TPSA) is 134 Å². The van der Waals surface area contributed by atoms with E-state index in [4.69, 9.17) is 29.0 Å². The van der Waals surface area contributed by atoms with Gasteiger partial charge in [0, 0.05) is 31.8 Å². The Morgan fingerprint density at radius 2 is 1.09 bits per heavy atom. The van der Waals surface area contributed by atoms with Crippen LogP contribution in [0.2, 0.25) is 0 Å². The molecule has 0 bridgehead atoms. The summed E-state index contributed by atoms with van der Waals surface area (Å²) in [5, 5.41) is 0. The molecule has 1 aliphatic rings. The fraction of sp³-hybridized carbons (Fsp3) is 0.455. The van der Waals surface area contributed by atoms with Crippen molar-refractivity contribution >= 4 is 49.2 Å². The summed E-state index contributed by atoms with van der Waals surface area (Å²) in [6, 6.07) is 8.26. The number of unbranched alkanes of at least 4 members (excludes halogenated alkanes) is 2. The van der Waals surface area contributed by atoms with E-state index in [2.05, 4.69) is 24.3 Å². The first-order valence-corrected chi connectivity index (χ1v) is 17.3. The summed E-state index contributed by atoms with van der Waals surface area (Å²) in [6.45, 7) is 0.984. The Labute approximate surface area is 215 Å². The molecule has 0 aliphatic carbocycles. The summed E-state index contributed by atoms with van der Waals surface area (Å²) in [7, 11) is -7.88. The third-order valence-corrected chi connectivity index (χ3v) is 11.0. The van der Waals surface area contributed by atoms with Crippen LogP contribution >= 0.6 is 49.2 Å². The Hall–Kier alpha value is -1.00. The van der Waals surface area contributed by atoms with Crippen molar-refractivity contribution in [3.63, 3.8) is 0 Å². The van der Waals surface area contributed by atoms with Gasteiger partial charge in [0.05, 0.1) is 9.75 Å². The average Bonchev–Trinajstić information content (AvgIpc) is 3.51. The van der Waals surface area contributed by atoms with Crippen molar-refractivity contribution in [1.82, 2.24) is 0 Å². The lowest BCUT2D eigenvalue weighted by atomic mass is 10.2. The van der Waals surface area contributed by atoms with Crippen LogP contribution in [0.3, 0.4) is 0 Å². The number of ether oxygens (including phenoxy) is 2. The van der Waals surface area contributed by atoms with Crippen LogP contribution in [0, 0.1) is 0 Å². The highest BCUT2D eigenvalue weighted by atomic mass is 32.1. The summed E-state index contributed by atoms with van der Waals surface area (Å²) in [4.78, 5) is 42.6. The zero-order chi connectivity index (χ0) is 25.1. The van der Waals surface area contributed by atoms with Gasteiger partial charge in [-0.25, -0.2) is 0 Å². The number of hydrogen-bond acceptors (Lipinski definition) is 7. The van der Waals surface area contributed by atoms with E-state index in [1.807, 2.05) is 0 Å². The number of hydrogen-bond donors (Lipinski definition) is 4. The second-order valence-electron chi connectivity index (χ2n) is 8.34. The third-order valence-electron chi connectivity index (χ3n) is 5.41. The minimum Gasteiger partial charge on any atom is -0.485 e. The van der Waals surface area contributed by atoms with E-state index in [0.717, 1.165) is 56.7 Å². The molecule has 4 rings (SSSR count). The van der Waals surface area contributed by atoms with Crippen LogP contribution in [-0.4, -0.2) is 45.1 Å². The molecule has 0 spiro atoms. The lowest BCUT2D eigenvalue weighted by Crippen LogP contribution is -2.14. The Kier molecular flexibility index (Phi) is 8.95. The number of rotatable bonds is 12. The maximum absolute atomic E-state index is 11.0. The number of thiophene rings is 3. The van der Waals surface area contributed by atoms with Crippen molar-refractivity contribution in [1.29, 1.82) is 0 Å². The maximum atomic E-state index is 11.0. The fourth-order valence-electron chi connectivity index (χ4n) is 3.78. The van der Waals surface area contributed by atoms with E-state index >= 15 is 0 Å². The number of fused-ring (bicyclic) bond motifs is 1. The molecular weight excluding hydrogens is 550 g/mol. The van der Waals surface area contributed by atoms with Crippen molar-refractivity contribution in [2.45, 2.75) is 38.5 Å². The minimum atomic E-state index is -3.94. The maximum Gasteiger partial charge on any atom is 0.325 e. The lowest BCUT2D eigenvalue weighted by molar-refractivity contribution is 0.175. The molecule has 0 saturated carbocycles. The zero-order valence-corrected chi connectivity index (χ0v) is 23.2. The highest BCUT2D eigenvalue weighted by Crippen LogP contribution is 2.55. The van der Waals surface area contributed by atoms with E-state index < -0.39 is 15.2 Å². The van der Waals surface area contributed by atoms with Crippen LogP contribution in [0.4, 0.5) is 0 Å². The lowest BCUT2D eigenvalue weighted by Gasteiger charge is -2.16. The first-order chi connectivity index (χ1) is 16.6. The predicted molar refractivity (Wildman–Crippen MR) is 142 cm³/mol. The van der Waals surface area contributed by atoms with Gasteiger partial charge >= 0.3 is 15.2 Å². The third kappa shape index (κ3) is 7.74. The molecule has 8 nitrogen and oxygen atoms in total. The van der Waals surface area contributed by atoms with Gasteiger partial charge in [0.25, 0.3) is 0 Å². The molecular formula is C22H28O8P2S3. The molecule has 0 saturated heterocycles. The molecule has 0 amide bonds. The molecule has 35 heavy (non-hydrogen) atoms. The SMILES string of the molecule is O=P(O)(O)CCCCc1ccc(-c2sc(-c3ccc(CCCCP(=O)(O)O)s3)c3c2OCCO3)s1. The Balaban J connectivity index is 1.46. The second-order valence-corrected chi connectivity index (χ2v) is 15.2. The monoisotopic (exact) mass is 578 g/mol. The van der Waals surface area contributed by atoms with Gasteiger partial charge in [0.1, 0.15) is 13.2 Å². The molecule has 0 unspecified atom stereocenters. The quantitative estimate of drug-likeness (QED) is 0.152. The molecule has 0 atom stereocenters. The Bertz CT molecular complexity index is 1140. The van der Waals surface area contributed by atoms with Crippen molar-refractivity contribution in [2.75, 3.05) is 25.5 Å². The van der Waals surface area contributed by atoms with Gasteiger partial charge in [-0.2, -0.15) is 0 Å². The van der Waals surface area contributed by atoms with Crippen LogP contribution < -0.4 is 9.47 Å². The van der Waals surface area contributed by atoms with Gasteiger partial charge in [-0.1, -0.05) is 0 Å². The van der Waals surface area contributed by atoms with Crippen LogP contribution in [0.25, 0.3) is 19.5 Å². The summed E-state index contributed by atoms with van der Waals surface area (Å²) < 4.78 is 34.1. The van der Waals surface area contributed by atoms with Crippen LogP contribution in [-0.2, 0) is 22.0 Å². The van der Waals surface area contributed by atoms with Crippen molar-refractivity contribution < 1.29 is 38.2 Å². The summed E-state index contributed by atoms with van der Waals surface area (Å²) >= 11 is 4.97. The first kappa shape index (κ1) is 27.0. The van der Waals surface area contributed by atoms with E-state index in [1.165, 1.54) is 9.75 Å². The van der Waals surface area contributed by atoms with Gasteiger partial charge in [0.15, 0.2) is 11.5 Å². The van der Waals surface area contributed by atoms with E-state index in [9.17, 15) is 9.13 Å². The van der Waals surface area contributed by atoms with E-state index in [0.29, 0.717) is 26.1 Å². The number of aryl methyl sites for hydroxylation is 2. The molecule has 192 valence electrons. The molecule has 13 heteroatoms. The molecule has 3 aromatic rings. The fourth-order valence-corrected chi connectivity index (χ4v) is 8.55. The van der Waals surface area contributed by atoms with Gasteiger partial charge in [-0.3, -0.25) is 9.13 Å². The highest BCUT2D eigenvalue weighted by Gasteiger charge is 2.27. The second kappa shape index (κ2) is 11.6. The minimum absolute atomic E-state index is 0.0787. The summed E-state index contributed by atoms with van der Waals surface area (Å²) in [5.74, 6) is 1.53. The normalized spacial score (nSPS) is 13.9. The van der Waals surface area contributed by atoms with Gasteiger partial charge in [-0.15, -0.1) is 34.0 Å². The van der Waals surface area contributed by atoms with Crippen LogP contribution in [0.1, 0.15) is 35.4 Å². The van der Waals surface area contributed by atoms with Gasteiger partial charge in [0.2, 0.25) is 0 Å². The molecule has 3 aromatic heterocycles. The predicted octanol–water partition coefficient (Wildman–Crippen LogP) is 5.98. The molecule has 0 radical (unpaired) electrons. The van der Waals surface area contributed by atoms with Crippen LogP contribution in [0.15, 0.2) is 24.3 Å². The highest BCUT2D eigenvalue weighted by molar-refractivity contribution is 7.52. The van der Waals surface area contributed by atoms with Crippen LogP contribution in [0.5, 0.6) is 11.5 Å². The molecule has 4 N–H and O–H groups in total. The Morgan fingerprint density at radius 1 is 0.657 bits per heavy atom. The van der Waals surface area contributed by atoms with Gasteiger partial charge in [-0.05, 0) is 62.8 Å². The van der Waals surface area contributed by atoms with Gasteiger partial charge < -0.3 is 29.0 Å². The summed E-state index contributed by atoms with van der Waals surface area (Å²) in [6.07, 6.45) is 3.84. The first-order valence-electron chi connectivity index (χ1n) is 11.3. The van der Waals surface area contributed by atoms with Crippen molar-refractivity contribution in [3.05, 3.63) is 34.0 Å². The van der Waals surface area contributed by atoms with Crippen molar-refractivity contribution in [2.24, 2.45) is 0 Å². The molecule has 4 heterocycles. The van der Waals surface area contributed by atoms with E-state index in [1.54, 1.807) is 34.0 Å². The summed E-state index contributed by atoms with van der Waals surface area (Å²) in [5.41, 5.74) is 0. The average molecular weight is 579 g/mol. The molecule has 1 aliphatic heterocycles. The standard InChI is InChI=1S/C22H28O8P2S3/c23-31(24,25)13-3-1-5-15-7-9-17(33-15)21-19-20(30-12-11-29-19)22(35-21)18-10-8-16(34-18)6-2-4-14-32(26,27)28/h7-10H,1-6,11-14H2,(H2,23,24,25)(H2,26,27,28). The van der Waals surface area contributed by atoms with E-state index in [-0.39, 0.29) is 12.3 Å². The smallest absolute Gasteiger partial charge is 0.325 e.